The number of thiophene rings is 1. The van der Waals surface area contributed by atoms with E-state index in [9.17, 15) is 0 Å². The zero-order valence-electron chi connectivity index (χ0n) is 30.9. The number of hydrogen-bond donors (Lipinski definition) is 0. The summed E-state index contributed by atoms with van der Waals surface area (Å²) in [6.45, 7) is 0. The molecule has 2 nitrogen and oxygen atoms in total. The zero-order chi connectivity index (χ0) is 37.7. The SMILES string of the molecule is c1ccc(-c2ccc(-c3cc(-c4cc(-c5ccc6ccc7ccccc7c6c5)nc(-c5ccccc5)n4)cc(-c4cccc5c4sc4ccccc45)c3)cc2)cc1. The number of nitrogens with zero attached hydrogens (tertiary/aromatic N) is 2. The van der Waals surface area contributed by atoms with Crippen LogP contribution in [-0.2, 0) is 0 Å². The predicted molar refractivity (Wildman–Crippen MR) is 243 cm³/mol. The van der Waals surface area contributed by atoms with Gasteiger partial charge in [0.15, 0.2) is 5.82 Å². The minimum atomic E-state index is 0.701. The van der Waals surface area contributed by atoms with Crippen molar-refractivity contribution < 1.29 is 0 Å². The van der Waals surface area contributed by atoms with Gasteiger partial charge >= 0.3 is 0 Å². The van der Waals surface area contributed by atoms with Crippen LogP contribution >= 0.6 is 11.3 Å². The Morgan fingerprint density at radius 3 is 1.63 bits per heavy atom. The molecule has 11 aromatic rings. The normalized spacial score (nSPS) is 11.5. The fourth-order valence-corrected chi connectivity index (χ4v) is 9.42. The third-order valence-electron chi connectivity index (χ3n) is 11.1. The first-order chi connectivity index (χ1) is 28.2. The molecule has 0 N–H and O–H groups in total. The van der Waals surface area contributed by atoms with E-state index < -0.39 is 0 Å². The second-order valence-corrected chi connectivity index (χ2v) is 15.6. The van der Waals surface area contributed by atoms with Crippen molar-refractivity contribution in [1.82, 2.24) is 9.97 Å². The average Bonchev–Trinajstić information content (AvgIpc) is 3.68. The molecule has 0 atom stereocenters. The van der Waals surface area contributed by atoms with E-state index in [0.29, 0.717) is 5.82 Å². The molecule has 0 unspecified atom stereocenters. The summed E-state index contributed by atoms with van der Waals surface area (Å²) in [7, 11) is 0. The highest BCUT2D eigenvalue weighted by Crippen LogP contribution is 2.42. The number of benzene rings is 9. The van der Waals surface area contributed by atoms with Crippen LogP contribution in [0.15, 0.2) is 206 Å². The molecule has 0 radical (unpaired) electrons. The van der Waals surface area contributed by atoms with Gasteiger partial charge in [-0.2, -0.15) is 0 Å². The van der Waals surface area contributed by atoms with Crippen molar-refractivity contribution in [3.05, 3.63) is 206 Å². The smallest absolute Gasteiger partial charge is 0.160 e. The van der Waals surface area contributed by atoms with Gasteiger partial charge in [0.25, 0.3) is 0 Å². The molecule has 0 aliphatic heterocycles. The quantitative estimate of drug-likeness (QED) is 0.159. The first kappa shape index (κ1) is 33.2. The summed E-state index contributed by atoms with van der Waals surface area (Å²) in [4.78, 5) is 10.6. The van der Waals surface area contributed by atoms with Crippen LogP contribution in [-0.4, -0.2) is 9.97 Å². The van der Waals surface area contributed by atoms with Gasteiger partial charge in [-0.1, -0.05) is 170 Å². The van der Waals surface area contributed by atoms with E-state index in [-0.39, 0.29) is 0 Å². The predicted octanol–water partition coefficient (Wildman–Crippen LogP) is 15.2. The van der Waals surface area contributed by atoms with Crippen LogP contribution in [0.5, 0.6) is 0 Å². The van der Waals surface area contributed by atoms with E-state index in [1.165, 1.54) is 58.4 Å². The van der Waals surface area contributed by atoms with Gasteiger partial charge < -0.3 is 0 Å². The third kappa shape index (κ3) is 6.06. The molecule has 0 saturated carbocycles. The van der Waals surface area contributed by atoms with Crippen LogP contribution in [0.1, 0.15) is 0 Å². The highest BCUT2D eigenvalue weighted by molar-refractivity contribution is 7.26. The van der Waals surface area contributed by atoms with E-state index in [4.69, 9.17) is 9.97 Å². The molecule has 0 bridgehead atoms. The zero-order valence-corrected chi connectivity index (χ0v) is 31.7. The number of aromatic nitrogens is 2. The highest BCUT2D eigenvalue weighted by atomic mass is 32.1. The maximum absolute atomic E-state index is 5.32. The van der Waals surface area contributed by atoms with E-state index >= 15 is 0 Å². The van der Waals surface area contributed by atoms with E-state index in [0.717, 1.165) is 44.8 Å². The van der Waals surface area contributed by atoms with Gasteiger partial charge in [-0.25, -0.2) is 9.97 Å². The maximum Gasteiger partial charge on any atom is 0.160 e. The molecule has 11 rings (SSSR count). The largest absolute Gasteiger partial charge is 0.228 e. The molecular weight excluding hydrogens is 709 g/mol. The first-order valence-corrected chi connectivity index (χ1v) is 20.1. The summed E-state index contributed by atoms with van der Waals surface area (Å²) < 4.78 is 2.59. The Hall–Kier alpha value is -7.20. The van der Waals surface area contributed by atoms with Gasteiger partial charge in [0.05, 0.1) is 11.4 Å². The average molecular weight is 743 g/mol. The number of fused-ring (bicyclic) bond motifs is 6. The van der Waals surface area contributed by atoms with Crippen LogP contribution in [0.25, 0.3) is 109 Å². The molecule has 0 spiro atoms. The summed E-state index contributed by atoms with van der Waals surface area (Å²) in [5.41, 5.74) is 11.9. The molecular formula is C54H34N2S. The van der Waals surface area contributed by atoms with Crippen molar-refractivity contribution in [3.63, 3.8) is 0 Å². The molecule has 0 amide bonds. The summed E-state index contributed by atoms with van der Waals surface area (Å²) in [6, 6.07) is 74.1. The Bertz CT molecular complexity index is 3270. The lowest BCUT2D eigenvalue weighted by atomic mass is 9.93. The van der Waals surface area contributed by atoms with Gasteiger partial charge in [0.1, 0.15) is 0 Å². The second-order valence-electron chi connectivity index (χ2n) is 14.6. The molecule has 0 fully saturated rings. The molecule has 3 heteroatoms. The third-order valence-corrected chi connectivity index (χ3v) is 12.3. The van der Waals surface area contributed by atoms with Gasteiger partial charge in [-0.3, -0.25) is 0 Å². The first-order valence-electron chi connectivity index (χ1n) is 19.3. The topological polar surface area (TPSA) is 25.8 Å². The fourth-order valence-electron chi connectivity index (χ4n) is 8.18. The molecule has 0 saturated heterocycles. The van der Waals surface area contributed by atoms with Crippen LogP contribution in [0.4, 0.5) is 0 Å². The van der Waals surface area contributed by atoms with Crippen molar-refractivity contribution in [2.75, 3.05) is 0 Å². The molecule has 2 aromatic heterocycles. The Kier molecular flexibility index (Phi) is 8.04. The van der Waals surface area contributed by atoms with Gasteiger partial charge in [-0.05, 0) is 91.3 Å². The van der Waals surface area contributed by atoms with Crippen molar-refractivity contribution in [2.24, 2.45) is 0 Å². The van der Waals surface area contributed by atoms with E-state index in [2.05, 4.69) is 200 Å². The van der Waals surface area contributed by atoms with Crippen LogP contribution < -0.4 is 0 Å². The van der Waals surface area contributed by atoms with Crippen molar-refractivity contribution in [2.45, 2.75) is 0 Å². The molecule has 266 valence electrons. The Morgan fingerprint density at radius 2 is 0.842 bits per heavy atom. The monoisotopic (exact) mass is 742 g/mol. The lowest BCUT2D eigenvalue weighted by Gasteiger charge is -2.14. The van der Waals surface area contributed by atoms with Gasteiger partial charge in [0.2, 0.25) is 0 Å². The van der Waals surface area contributed by atoms with Gasteiger partial charge in [-0.15, -0.1) is 11.3 Å². The van der Waals surface area contributed by atoms with E-state index in [1.807, 2.05) is 17.4 Å². The number of rotatable bonds is 6. The second kappa shape index (κ2) is 13.8. The molecule has 9 aromatic carbocycles. The standard InChI is InChI=1S/C54H34N2S/c1-3-12-35(13-4-1)36-22-24-37(25-23-36)42-30-43(46-19-11-20-48-47-18-9-10-21-52(47)57-53(46)48)32-44(31-42)51-34-50(55-54(56-51)40-15-5-2-6-16-40)41-29-28-39-27-26-38-14-7-8-17-45(38)49(39)33-41/h1-34H. The molecule has 0 aliphatic rings. The summed E-state index contributed by atoms with van der Waals surface area (Å²) >= 11 is 1.86. The fraction of sp³-hybridized carbons (Fsp3) is 0. The molecule has 57 heavy (non-hydrogen) atoms. The summed E-state index contributed by atoms with van der Waals surface area (Å²) in [6.07, 6.45) is 0. The number of hydrogen-bond acceptors (Lipinski definition) is 3. The van der Waals surface area contributed by atoms with E-state index in [1.54, 1.807) is 0 Å². The highest BCUT2D eigenvalue weighted by Gasteiger charge is 2.17. The van der Waals surface area contributed by atoms with Crippen LogP contribution in [0, 0.1) is 0 Å². The van der Waals surface area contributed by atoms with Crippen LogP contribution in [0.2, 0.25) is 0 Å². The van der Waals surface area contributed by atoms with Gasteiger partial charge in [0, 0.05) is 36.9 Å². The Balaban J connectivity index is 1.13. The Morgan fingerprint density at radius 1 is 0.298 bits per heavy atom. The Labute approximate surface area is 335 Å². The molecule has 0 aliphatic carbocycles. The lowest BCUT2D eigenvalue weighted by molar-refractivity contribution is 1.18. The van der Waals surface area contributed by atoms with Crippen molar-refractivity contribution in [3.8, 4) is 67.3 Å². The summed E-state index contributed by atoms with van der Waals surface area (Å²) in [5.74, 6) is 0.701. The minimum absolute atomic E-state index is 0.701. The lowest BCUT2D eigenvalue weighted by Crippen LogP contribution is -1.97. The van der Waals surface area contributed by atoms with Crippen molar-refractivity contribution >= 4 is 53.1 Å². The van der Waals surface area contributed by atoms with Crippen LogP contribution in [0.3, 0.4) is 0 Å². The van der Waals surface area contributed by atoms with Crippen molar-refractivity contribution in [1.29, 1.82) is 0 Å². The molecule has 2 heterocycles. The maximum atomic E-state index is 5.32. The summed E-state index contributed by atoms with van der Waals surface area (Å²) in [5, 5.41) is 7.47. The minimum Gasteiger partial charge on any atom is -0.228 e.